The van der Waals surface area contributed by atoms with E-state index in [2.05, 4.69) is 29.4 Å². The van der Waals surface area contributed by atoms with Crippen molar-refractivity contribution in [3.05, 3.63) is 74.7 Å². The van der Waals surface area contributed by atoms with Gasteiger partial charge < -0.3 is 9.88 Å². The largest absolute Gasteiger partial charge is 0.326 e. The fourth-order valence-corrected chi connectivity index (χ4v) is 3.92. The second kappa shape index (κ2) is 9.85. The quantitative estimate of drug-likeness (QED) is 0.517. The van der Waals surface area contributed by atoms with E-state index in [0.29, 0.717) is 10.5 Å². The van der Waals surface area contributed by atoms with Crippen LogP contribution in [0.2, 0.25) is 5.02 Å². The Kier molecular flexibility index (Phi) is 7.23. The van der Waals surface area contributed by atoms with E-state index in [0.717, 1.165) is 24.2 Å². The number of halogens is 2. The summed E-state index contributed by atoms with van der Waals surface area (Å²) in [6.45, 7) is 2.17. The first kappa shape index (κ1) is 21.3. The molecule has 0 aliphatic rings. The van der Waals surface area contributed by atoms with Gasteiger partial charge in [0, 0.05) is 23.8 Å². The molecule has 0 aliphatic carbocycles. The zero-order valence-corrected chi connectivity index (χ0v) is 18.0. The highest BCUT2D eigenvalue weighted by atomic mass is 35.5. The normalized spacial score (nSPS) is 11.7. The fraction of sp³-hybridized carbons (Fsp3) is 0.273. The number of carbonyl (C=O) groups excluding carboxylic acids is 1. The summed E-state index contributed by atoms with van der Waals surface area (Å²) >= 11 is 7.23. The van der Waals surface area contributed by atoms with Crippen molar-refractivity contribution in [3.8, 4) is 0 Å². The SMILES string of the molecule is CCCCc1ccc(NC(=O)Cc2csc(=Nc3ccc(F)c(Cl)c3)n2C)cc1. The number of rotatable bonds is 7. The van der Waals surface area contributed by atoms with Gasteiger partial charge in [0.25, 0.3) is 0 Å². The summed E-state index contributed by atoms with van der Waals surface area (Å²) in [5.41, 5.74) is 3.48. The number of aryl methyl sites for hydroxylation is 1. The second-order valence-electron chi connectivity index (χ2n) is 6.80. The molecule has 0 radical (unpaired) electrons. The lowest BCUT2D eigenvalue weighted by atomic mass is 10.1. The van der Waals surface area contributed by atoms with Crippen LogP contribution in [0.3, 0.4) is 0 Å². The first-order valence-corrected chi connectivity index (χ1v) is 10.7. The van der Waals surface area contributed by atoms with E-state index in [1.807, 2.05) is 29.1 Å². The maximum absolute atomic E-state index is 13.3. The molecule has 0 saturated heterocycles. The second-order valence-corrected chi connectivity index (χ2v) is 8.05. The van der Waals surface area contributed by atoms with E-state index >= 15 is 0 Å². The van der Waals surface area contributed by atoms with Gasteiger partial charge in [0.1, 0.15) is 5.82 Å². The number of aromatic nitrogens is 1. The number of anilines is 1. The Morgan fingerprint density at radius 1 is 1.24 bits per heavy atom. The molecule has 1 N–H and O–H groups in total. The predicted molar refractivity (Wildman–Crippen MR) is 117 cm³/mol. The van der Waals surface area contributed by atoms with E-state index in [9.17, 15) is 9.18 Å². The van der Waals surface area contributed by atoms with Crippen LogP contribution >= 0.6 is 22.9 Å². The molecule has 0 atom stereocenters. The van der Waals surface area contributed by atoms with E-state index in [-0.39, 0.29) is 17.4 Å². The number of nitrogens with one attached hydrogen (secondary N) is 1. The van der Waals surface area contributed by atoms with E-state index in [1.165, 1.54) is 35.5 Å². The maximum Gasteiger partial charge on any atom is 0.230 e. The topological polar surface area (TPSA) is 46.4 Å². The average molecular weight is 432 g/mol. The Morgan fingerprint density at radius 3 is 2.69 bits per heavy atom. The van der Waals surface area contributed by atoms with Crippen LogP contribution in [0, 0.1) is 5.82 Å². The molecule has 0 saturated carbocycles. The Morgan fingerprint density at radius 2 is 2.00 bits per heavy atom. The first-order valence-electron chi connectivity index (χ1n) is 9.48. The van der Waals surface area contributed by atoms with E-state index in [4.69, 9.17) is 11.6 Å². The molecule has 2 aromatic carbocycles. The van der Waals surface area contributed by atoms with Crippen molar-refractivity contribution in [2.75, 3.05) is 5.32 Å². The molecule has 1 amide bonds. The Labute approximate surface area is 178 Å². The predicted octanol–water partition coefficient (Wildman–Crippen LogP) is 5.64. The van der Waals surface area contributed by atoms with Crippen LogP contribution in [0.1, 0.15) is 31.0 Å². The number of benzene rings is 2. The minimum absolute atomic E-state index is 0.0331. The number of carbonyl (C=O) groups is 1. The molecular formula is C22H23ClFN3OS. The lowest BCUT2D eigenvalue weighted by molar-refractivity contribution is -0.115. The smallest absolute Gasteiger partial charge is 0.230 e. The Bertz CT molecular complexity index is 1060. The molecule has 0 spiro atoms. The lowest BCUT2D eigenvalue weighted by Crippen LogP contribution is -2.19. The van der Waals surface area contributed by atoms with Gasteiger partial charge in [-0.15, -0.1) is 11.3 Å². The molecule has 0 aliphatic heterocycles. The molecule has 3 rings (SSSR count). The van der Waals surface area contributed by atoms with Crippen molar-refractivity contribution in [2.24, 2.45) is 12.0 Å². The number of nitrogens with zero attached hydrogens (tertiary/aromatic N) is 2. The third-order valence-corrected chi connectivity index (χ3v) is 5.80. The highest BCUT2D eigenvalue weighted by Crippen LogP contribution is 2.21. The standard InChI is InChI=1S/C22H23ClFN3OS/c1-3-4-5-15-6-8-16(9-7-15)25-21(28)13-18-14-29-22(27(18)2)26-17-10-11-20(24)19(23)12-17/h6-12,14H,3-5,13H2,1-2H3,(H,25,28). The van der Waals surface area contributed by atoms with Gasteiger partial charge in [-0.05, 0) is 48.7 Å². The van der Waals surface area contributed by atoms with Crippen LogP contribution in [0.15, 0.2) is 52.8 Å². The molecule has 0 unspecified atom stereocenters. The number of hydrogen-bond donors (Lipinski definition) is 1. The third kappa shape index (κ3) is 5.78. The summed E-state index contributed by atoms with van der Waals surface area (Å²) in [4.78, 5) is 17.6. The van der Waals surface area contributed by atoms with Crippen LogP contribution in [0.4, 0.5) is 15.8 Å². The number of amides is 1. The zero-order chi connectivity index (χ0) is 20.8. The molecular weight excluding hydrogens is 409 g/mol. The molecule has 7 heteroatoms. The number of unbranched alkanes of at least 4 members (excludes halogenated alkanes) is 1. The molecule has 0 bridgehead atoms. The molecule has 0 fully saturated rings. The third-order valence-electron chi connectivity index (χ3n) is 4.54. The summed E-state index contributed by atoms with van der Waals surface area (Å²) in [5.74, 6) is -0.562. The molecule has 1 heterocycles. The summed E-state index contributed by atoms with van der Waals surface area (Å²) in [7, 11) is 1.85. The van der Waals surface area contributed by atoms with Gasteiger partial charge in [-0.25, -0.2) is 9.38 Å². The van der Waals surface area contributed by atoms with Gasteiger partial charge in [-0.2, -0.15) is 0 Å². The van der Waals surface area contributed by atoms with Crippen LogP contribution in [-0.2, 0) is 24.7 Å². The van der Waals surface area contributed by atoms with Crippen LogP contribution < -0.4 is 10.1 Å². The van der Waals surface area contributed by atoms with Crippen LogP contribution in [0.5, 0.6) is 0 Å². The monoisotopic (exact) mass is 431 g/mol. The summed E-state index contributed by atoms with van der Waals surface area (Å²) in [6.07, 6.45) is 3.63. The zero-order valence-electron chi connectivity index (χ0n) is 16.4. The van der Waals surface area contributed by atoms with Gasteiger partial charge in [-0.1, -0.05) is 37.1 Å². The molecule has 29 heavy (non-hydrogen) atoms. The van der Waals surface area contributed by atoms with Crippen molar-refractivity contribution in [2.45, 2.75) is 32.6 Å². The number of hydrogen-bond acceptors (Lipinski definition) is 3. The van der Waals surface area contributed by atoms with Gasteiger partial charge in [0.2, 0.25) is 5.91 Å². The van der Waals surface area contributed by atoms with Crippen LogP contribution in [0.25, 0.3) is 0 Å². The van der Waals surface area contributed by atoms with Crippen molar-refractivity contribution in [1.29, 1.82) is 0 Å². The van der Waals surface area contributed by atoms with E-state index < -0.39 is 5.82 Å². The highest BCUT2D eigenvalue weighted by Gasteiger charge is 2.09. The van der Waals surface area contributed by atoms with Crippen molar-refractivity contribution >= 4 is 40.2 Å². The Balaban J connectivity index is 1.67. The molecule has 3 aromatic rings. The minimum Gasteiger partial charge on any atom is -0.326 e. The van der Waals surface area contributed by atoms with E-state index in [1.54, 1.807) is 6.07 Å². The van der Waals surface area contributed by atoms with Crippen LogP contribution in [-0.4, -0.2) is 10.5 Å². The summed E-state index contributed by atoms with van der Waals surface area (Å²) in [5, 5.41) is 4.87. The fourth-order valence-electron chi connectivity index (χ4n) is 2.83. The van der Waals surface area contributed by atoms with Crippen molar-refractivity contribution in [3.63, 3.8) is 0 Å². The molecule has 1 aromatic heterocycles. The van der Waals surface area contributed by atoms with Gasteiger partial charge >= 0.3 is 0 Å². The Hall–Kier alpha value is -2.44. The highest BCUT2D eigenvalue weighted by molar-refractivity contribution is 7.07. The molecule has 152 valence electrons. The summed E-state index contributed by atoms with van der Waals surface area (Å²) < 4.78 is 15.2. The lowest BCUT2D eigenvalue weighted by Gasteiger charge is -2.07. The van der Waals surface area contributed by atoms with Gasteiger partial charge in [0.05, 0.1) is 17.1 Å². The van der Waals surface area contributed by atoms with Gasteiger partial charge in [0.15, 0.2) is 4.80 Å². The van der Waals surface area contributed by atoms with Gasteiger partial charge in [-0.3, -0.25) is 4.79 Å². The van der Waals surface area contributed by atoms with Crippen molar-refractivity contribution < 1.29 is 9.18 Å². The average Bonchev–Trinajstić information content (AvgIpc) is 3.03. The van der Waals surface area contributed by atoms with Crippen molar-refractivity contribution in [1.82, 2.24) is 4.57 Å². The number of thiazole rings is 1. The minimum atomic E-state index is -0.475. The maximum atomic E-state index is 13.3. The summed E-state index contributed by atoms with van der Waals surface area (Å²) in [6, 6.07) is 12.3. The molecule has 4 nitrogen and oxygen atoms in total. The first-order chi connectivity index (χ1) is 14.0.